The average Bonchev–Trinajstić information content (AvgIpc) is 2.35. The van der Waals surface area contributed by atoms with E-state index in [0.29, 0.717) is 17.2 Å². The van der Waals surface area contributed by atoms with Gasteiger partial charge in [0.2, 0.25) is 5.75 Å². The summed E-state index contributed by atoms with van der Waals surface area (Å²) in [5.74, 6) is 1.56. The molecule has 5 nitrogen and oxygen atoms in total. The minimum Gasteiger partial charge on any atom is -0.493 e. The maximum Gasteiger partial charge on any atom is 0.203 e. The van der Waals surface area contributed by atoms with Gasteiger partial charge >= 0.3 is 0 Å². The summed E-state index contributed by atoms with van der Waals surface area (Å²) in [7, 11) is 4.61. The molecule has 0 bridgehead atoms. The van der Waals surface area contributed by atoms with Gasteiger partial charge < -0.3 is 25.1 Å². The summed E-state index contributed by atoms with van der Waals surface area (Å²) in [4.78, 5) is 0. The van der Waals surface area contributed by atoms with Crippen LogP contribution in [0, 0.1) is 0 Å². The Labute approximate surface area is 101 Å². The highest BCUT2D eigenvalue weighted by molar-refractivity contribution is 5.54. The van der Waals surface area contributed by atoms with Crippen molar-refractivity contribution in [3.8, 4) is 17.2 Å². The lowest BCUT2D eigenvalue weighted by atomic mass is 10.0. The Hall–Kier alpha value is -1.46. The van der Waals surface area contributed by atoms with Crippen LogP contribution in [-0.2, 0) is 0 Å². The van der Waals surface area contributed by atoms with E-state index in [2.05, 4.69) is 0 Å². The van der Waals surface area contributed by atoms with Gasteiger partial charge in [0.15, 0.2) is 11.5 Å². The number of methoxy groups -OCH3 is 3. The van der Waals surface area contributed by atoms with Gasteiger partial charge in [-0.15, -0.1) is 0 Å². The predicted molar refractivity (Wildman–Crippen MR) is 64.7 cm³/mol. The molecule has 1 aromatic rings. The van der Waals surface area contributed by atoms with Crippen molar-refractivity contribution in [1.29, 1.82) is 0 Å². The van der Waals surface area contributed by atoms with E-state index in [1.54, 1.807) is 19.1 Å². The standard InChI is InChI=1S/C12H19NO4/c1-7(14)11(13)8-5-9(15-2)12(17-4)10(6-8)16-3/h5-7,11,14H,13H2,1-4H3/t7-,11-/m1/s1. The van der Waals surface area contributed by atoms with E-state index >= 15 is 0 Å². The van der Waals surface area contributed by atoms with Gasteiger partial charge in [-0.1, -0.05) is 0 Å². The van der Waals surface area contributed by atoms with E-state index < -0.39 is 12.1 Å². The van der Waals surface area contributed by atoms with Gasteiger partial charge in [0.1, 0.15) is 0 Å². The second-order valence-corrected chi connectivity index (χ2v) is 3.73. The predicted octanol–water partition coefficient (Wildman–Crippen LogP) is 1.09. The summed E-state index contributed by atoms with van der Waals surface area (Å²) in [6, 6.07) is 2.97. The summed E-state index contributed by atoms with van der Waals surface area (Å²) in [6.07, 6.45) is -0.655. The first-order valence-electron chi connectivity index (χ1n) is 5.28. The molecule has 0 aliphatic carbocycles. The Morgan fingerprint density at radius 2 is 1.53 bits per heavy atom. The molecule has 0 aliphatic rings. The summed E-state index contributed by atoms with van der Waals surface area (Å²) in [5.41, 5.74) is 6.61. The van der Waals surface area contributed by atoms with Gasteiger partial charge in [0, 0.05) is 0 Å². The molecule has 2 atom stereocenters. The van der Waals surface area contributed by atoms with Crippen molar-refractivity contribution in [2.45, 2.75) is 19.1 Å². The van der Waals surface area contributed by atoms with Crippen LogP contribution in [0.15, 0.2) is 12.1 Å². The Bertz CT molecular complexity index is 354. The molecule has 17 heavy (non-hydrogen) atoms. The van der Waals surface area contributed by atoms with E-state index in [0.717, 1.165) is 5.56 Å². The largest absolute Gasteiger partial charge is 0.493 e. The second kappa shape index (κ2) is 5.75. The molecule has 0 aliphatic heterocycles. The van der Waals surface area contributed by atoms with Crippen molar-refractivity contribution in [3.63, 3.8) is 0 Å². The fourth-order valence-corrected chi connectivity index (χ4v) is 1.57. The fraction of sp³-hybridized carbons (Fsp3) is 0.500. The van der Waals surface area contributed by atoms with E-state index in [1.807, 2.05) is 0 Å². The molecular formula is C12H19NO4. The molecule has 96 valence electrons. The van der Waals surface area contributed by atoms with Gasteiger partial charge in [-0.2, -0.15) is 0 Å². The molecule has 0 unspecified atom stereocenters. The zero-order chi connectivity index (χ0) is 13.0. The van der Waals surface area contributed by atoms with Gasteiger partial charge in [-0.3, -0.25) is 0 Å². The molecule has 3 N–H and O–H groups in total. The van der Waals surface area contributed by atoms with Crippen molar-refractivity contribution < 1.29 is 19.3 Å². The topological polar surface area (TPSA) is 73.9 Å². The summed E-state index contributed by atoms with van der Waals surface area (Å²) < 4.78 is 15.6. The van der Waals surface area contributed by atoms with E-state index in [1.165, 1.54) is 21.3 Å². The lowest BCUT2D eigenvalue weighted by Gasteiger charge is -2.19. The third-order valence-corrected chi connectivity index (χ3v) is 2.59. The molecule has 0 radical (unpaired) electrons. The van der Waals surface area contributed by atoms with E-state index in [4.69, 9.17) is 19.9 Å². The zero-order valence-corrected chi connectivity index (χ0v) is 10.6. The summed E-state index contributed by atoms with van der Waals surface area (Å²) in [6.45, 7) is 1.63. The van der Waals surface area contributed by atoms with Crippen molar-refractivity contribution in [1.82, 2.24) is 0 Å². The maximum absolute atomic E-state index is 9.49. The number of hydrogen-bond acceptors (Lipinski definition) is 5. The molecule has 1 rings (SSSR count). The minimum atomic E-state index is -0.655. The van der Waals surface area contributed by atoms with Gasteiger partial charge in [0.25, 0.3) is 0 Å². The smallest absolute Gasteiger partial charge is 0.203 e. The normalized spacial score (nSPS) is 14.0. The molecular weight excluding hydrogens is 222 g/mol. The molecule has 0 aromatic heterocycles. The monoisotopic (exact) mass is 241 g/mol. The summed E-state index contributed by atoms with van der Waals surface area (Å²) >= 11 is 0. The third kappa shape index (κ3) is 2.81. The highest BCUT2D eigenvalue weighted by Gasteiger charge is 2.18. The highest BCUT2D eigenvalue weighted by atomic mass is 16.5. The number of rotatable bonds is 5. The Kier molecular flexibility index (Phi) is 4.60. The van der Waals surface area contributed by atoms with E-state index in [-0.39, 0.29) is 0 Å². The van der Waals surface area contributed by atoms with Gasteiger partial charge in [-0.25, -0.2) is 0 Å². The van der Waals surface area contributed by atoms with Crippen LogP contribution in [0.3, 0.4) is 0 Å². The Morgan fingerprint density at radius 1 is 1.06 bits per heavy atom. The molecule has 0 fully saturated rings. The number of benzene rings is 1. The first kappa shape index (κ1) is 13.6. The van der Waals surface area contributed by atoms with E-state index in [9.17, 15) is 5.11 Å². The second-order valence-electron chi connectivity index (χ2n) is 3.73. The van der Waals surface area contributed by atoms with Gasteiger partial charge in [0.05, 0.1) is 33.5 Å². The molecule has 0 spiro atoms. The van der Waals surface area contributed by atoms with Crippen LogP contribution in [0.25, 0.3) is 0 Å². The van der Waals surface area contributed by atoms with Gasteiger partial charge in [-0.05, 0) is 24.6 Å². The fourth-order valence-electron chi connectivity index (χ4n) is 1.57. The number of hydrogen-bond donors (Lipinski definition) is 2. The van der Waals surface area contributed by atoms with Crippen LogP contribution < -0.4 is 19.9 Å². The summed E-state index contributed by atoms with van der Waals surface area (Å²) in [5, 5.41) is 9.49. The molecule has 0 heterocycles. The van der Waals surface area contributed by atoms with Crippen LogP contribution in [-0.4, -0.2) is 32.5 Å². The molecule has 1 aromatic carbocycles. The first-order chi connectivity index (χ1) is 8.04. The average molecular weight is 241 g/mol. The van der Waals surface area contributed by atoms with Crippen molar-refractivity contribution in [2.75, 3.05) is 21.3 Å². The molecule has 0 saturated heterocycles. The van der Waals surface area contributed by atoms with Crippen molar-refractivity contribution >= 4 is 0 Å². The third-order valence-electron chi connectivity index (χ3n) is 2.59. The van der Waals surface area contributed by atoms with Crippen LogP contribution in [0.1, 0.15) is 18.5 Å². The van der Waals surface area contributed by atoms with Crippen LogP contribution in [0.4, 0.5) is 0 Å². The first-order valence-corrected chi connectivity index (χ1v) is 5.28. The van der Waals surface area contributed by atoms with Crippen molar-refractivity contribution in [3.05, 3.63) is 17.7 Å². The number of ether oxygens (including phenoxy) is 3. The number of nitrogens with two attached hydrogens (primary N) is 1. The Morgan fingerprint density at radius 3 is 1.82 bits per heavy atom. The Balaban J connectivity index is 3.27. The molecule has 0 amide bonds. The van der Waals surface area contributed by atoms with Crippen molar-refractivity contribution in [2.24, 2.45) is 5.73 Å². The van der Waals surface area contributed by atoms with Crippen LogP contribution in [0.2, 0.25) is 0 Å². The van der Waals surface area contributed by atoms with Crippen LogP contribution in [0.5, 0.6) is 17.2 Å². The lowest BCUT2D eigenvalue weighted by molar-refractivity contribution is 0.164. The maximum atomic E-state index is 9.49. The highest BCUT2D eigenvalue weighted by Crippen LogP contribution is 2.39. The number of aliphatic hydroxyl groups is 1. The minimum absolute atomic E-state index is 0.497. The SMILES string of the molecule is COc1cc([C@H](N)[C@@H](C)O)cc(OC)c1OC. The zero-order valence-electron chi connectivity index (χ0n) is 10.6. The molecule has 5 heteroatoms. The van der Waals surface area contributed by atoms with Crippen LogP contribution >= 0.6 is 0 Å². The molecule has 0 saturated carbocycles. The quantitative estimate of drug-likeness (QED) is 0.807. The lowest BCUT2D eigenvalue weighted by Crippen LogP contribution is -2.23. The number of aliphatic hydroxyl groups excluding tert-OH is 1.